The van der Waals surface area contributed by atoms with Crippen LogP contribution in [0.4, 0.5) is 13.2 Å². The molecular weight excluding hydrogens is 383 g/mol. The van der Waals surface area contributed by atoms with Crippen LogP contribution in [0, 0.1) is 0 Å². The maximum atomic E-state index is 12.4. The van der Waals surface area contributed by atoms with Crippen LogP contribution in [0.1, 0.15) is 29.0 Å². The van der Waals surface area contributed by atoms with Gasteiger partial charge in [0.05, 0.1) is 13.7 Å². The van der Waals surface area contributed by atoms with E-state index in [0.717, 1.165) is 18.9 Å². The molecule has 1 fully saturated rings. The molecule has 3 rings (SSSR count). The van der Waals surface area contributed by atoms with Crippen molar-refractivity contribution in [2.24, 2.45) is 0 Å². The molecule has 0 aliphatic carbocycles. The fraction of sp³-hybridized carbons (Fsp3) is 0.412. The fourth-order valence-corrected chi connectivity index (χ4v) is 2.16. The highest BCUT2D eigenvalue weighted by Gasteiger charge is 2.32. The molecule has 3 heterocycles. The van der Waals surface area contributed by atoms with E-state index in [1.165, 1.54) is 31.4 Å². The standard InChI is InChI=1S/C11H12F3NO2.C6H6N2O3/c12-11(13,14)9-4-1-5-10(15-9)17-8-3-2-6-16-7-8;1-11-5-3-2-4(6(9)10)7-8-5/h1,4-5,8H,2-3,6-7H2;2-3H,1H3,(H,9,10). The summed E-state index contributed by atoms with van der Waals surface area (Å²) in [5.41, 5.74) is -1.03. The van der Waals surface area contributed by atoms with Crippen molar-refractivity contribution in [1.82, 2.24) is 15.2 Å². The van der Waals surface area contributed by atoms with Gasteiger partial charge >= 0.3 is 12.1 Å². The molecule has 1 N–H and O–H groups in total. The van der Waals surface area contributed by atoms with Gasteiger partial charge < -0.3 is 19.3 Å². The number of halogens is 3. The molecule has 0 saturated carbocycles. The van der Waals surface area contributed by atoms with Crippen molar-refractivity contribution in [2.75, 3.05) is 20.3 Å². The third-order valence-electron chi connectivity index (χ3n) is 3.49. The van der Waals surface area contributed by atoms with Crippen LogP contribution in [-0.2, 0) is 10.9 Å². The number of hydrogen-bond donors (Lipinski definition) is 1. The smallest absolute Gasteiger partial charge is 0.433 e. The minimum atomic E-state index is -4.44. The number of carboxylic acids is 1. The first-order valence-electron chi connectivity index (χ1n) is 8.19. The highest BCUT2D eigenvalue weighted by Crippen LogP contribution is 2.29. The number of pyridine rings is 1. The van der Waals surface area contributed by atoms with Gasteiger partial charge in [0.15, 0.2) is 5.69 Å². The maximum Gasteiger partial charge on any atom is 0.433 e. The Bertz CT molecular complexity index is 765. The molecule has 1 unspecified atom stereocenters. The van der Waals surface area contributed by atoms with Crippen molar-refractivity contribution in [2.45, 2.75) is 25.1 Å². The summed E-state index contributed by atoms with van der Waals surface area (Å²) in [4.78, 5) is 13.7. The number of nitrogens with zero attached hydrogens (tertiary/aromatic N) is 3. The van der Waals surface area contributed by atoms with E-state index >= 15 is 0 Å². The topological polar surface area (TPSA) is 104 Å². The zero-order valence-electron chi connectivity index (χ0n) is 14.8. The Labute approximate surface area is 158 Å². The molecule has 0 bridgehead atoms. The van der Waals surface area contributed by atoms with Crippen molar-refractivity contribution < 1.29 is 37.3 Å². The number of aromatic nitrogens is 3. The molecule has 0 spiro atoms. The Kier molecular flexibility index (Phi) is 7.50. The van der Waals surface area contributed by atoms with Gasteiger partial charge in [-0.15, -0.1) is 10.2 Å². The van der Waals surface area contributed by atoms with Crippen molar-refractivity contribution >= 4 is 5.97 Å². The fourth-order valence-electron chi connectivity index (χ4n) is 2.16. The van der Waals surface area contributed by atoms with Crippen LogP contribution in [0.2, 0.25) is 0 Å². The molecular formula is C17H18F3N3O5. The molecule has 2 aromatic rings. The van der Waals surface area contributed by atoms with Gasteiger partial charge in [-0.05, 0) is 25.0 Å². The molecule has 1 atom stereocenters. The van der Waals surface area contributed by atoms with Gasteiger partial charge in [-0.1, -0.05) is 6.07 Å². The Balaban J connectivity index is 0.000000221. The van der Waals surface area contributed by atoms with E-state index in [0.29, 0.717) is 19.1 Å². The number of methoxy groups -OCH3 is 1. The van der Waals surface area contributed by atoms with E-state index in [4.69, 9.17) is 14.6 Å². The zero-order valence-corrected chi connectivity index (χ0v) is 14.8. The quantitative estimate of drug-likeness (QED) is 0.834. The monoisotopic (exact) mass is 401 g/mol. The predicted molar refractivity (Wildman–Crippen MR) is 89.3 cm³/mol. The lowest BCUT2D eigenvalue weighted by Gasteiger charge is -2.22. The van der Waals surface area contributed by atoms with E-state index in [1.807, 2.05) is 0 Å². The van der Waals surface area contributed by atoms with Crippen molar-refractivity contribution in [3.8, 4) is 11.8 Å². The summed E-state index contributed by atoms with van der Waals surface area (Å²) in [7, 11) is 1.43. The van der Waals surface area contributed by atoms with Crippen LogP contribution >= 0.6 is 0 Å². The predicted octanol–water partition coefficient (Wildman–Crippen LogP) is 2.84. The molecule has 1 aliphatic heterocycles. The summed E-state index contributed by atoms with van der Waals surface area (Å²) in [6.07, 6.45) is -3.02. The van der Waals surface area contributed by atoms with Gasteiger partial charge in [-0.2, -0.15) is 13.2 Å². The van der Waals surface area contributed by atoms with E-state index in [9.17, 15) is 18.0 Å². The average Bonchev–Trinajstić information content (AvgIpc) is 2.69. The van der Waals surface area contributed by atoms with E-state index in [1.54, 1.807) is 0 Å². The van der Waals surface area contributed by atoms with Crippen molar-refractivity contribution in [3.63, 3.8) is 0 Å². The molecule has 0 amide bonds. The molecule has 8 nitrogen and oxygen atoms in total. The number of carbonyl (C=O) groups is 1. The molecule has 28 heavy (non-hydrogen) atoms. The molecule has 1 saturated heterocycles. The molecule has 0 aromatic carbocycles. The molecule has 0 radical (unpaired) electrons. The summed E-state index contributed by atoms with van der Waals surface area (Å²) in [5, 5.41) is 15.2. The Morgan fingerprint density at radius 3 is 2.54 bits per heavy atom. The van der Waals surface area contributed by atoms with E-state index in [2.05, 4.69) is 19.9 Å². The SMILES string of the molecule is COc1ccc(C(=O)O)nn1.FC(F)(F)c1cccc(OC2CCCOC2)n1. The summed E-state index contributed by atoms with van der Waals surface area (Å²) in [6.45, 7) is 1.08. The molecule has 11 heteroatoms. The van der Waals surface area contributed by atoms with Gasteiger partial charge in [-0.25, -0.2) is 9.78 Å². The molecule has 152 valence electrons. The minimum Gasteiger partial charge on any atom is -0.480 e. The zero-order chi connectivity index (χ0) is 20.6. The van der Waals surface area contributed by atoms with Crippen molar-refractivity contribution in [3.05, 3.63) is 41.7 Å². The number of rotatable bonds is 4. The first-order valence-corrected chi connectivity index (χ1v) is 8.19. The third-order valence-corrected chi connectivity index (χ3v) is 3.49. The van der Waals surface area contributed by atoms with Crippen LogP contribution in [0.25, 0.3) is 0 Å². The summed E-state index contributed by atoms with van der Waals surface area (Å²) in [5.74, 6) is -0.800. The number of ether oxygens (including phenoxy) is 3. The van der Waals surface area contributed by atoms with Gasteiger partial charge in [0.25, 0.3) is 0 Å². The lowest BCUT2D eigenvalue weighted by atomic mass is 10.2. The second kappa shape index (κ2) is 9.83. The highest BCUT2D eigenvalue weighted by atomic mass is 19.4. The van der Waals surface area contributed by atoms with E-state index in [-0.39, 0.29) is 17.7 Å². The first-order chi connectivity index (χ1) is 13.3. The van der Waals surface area contributed by atoms with Crippen LogP contribution < -0.4 is 9.47 Å². The van der Waals surface area contributed by atoms with Crippen molar-refractivity contribution in [1.29, 1.82) is 0 Å². The van der Waals surface area contributed by atoms with Gasteiger partial charge in [0.1, 0.15) is 11.8 Å². The largest absolute Gasteiger partial charge is 0.480 e. The summed E-state index contributed by atoms with van der Waals surface area (Å²) in [6, 6.07) is 6.40. The number of aromatic carboxylic acids is 1. The van der Waals surface area contributed by atoms with Gasteiger partial charge in [0.2, 0.25) is 11.8 Å². The minimum absolute atomic E-state index is 0.00433. The lowest BCUT2D eigenvalue weighted by molar-refractivity contribution is -0.141. The third kappa shape index (κ3) is 6.65. The van der Waals surface area contributed by atoms with Gasteiger partial charge in [0, 0.05) is 18.7 Å². The Morgan fingerprint density at radius 1 is 1.21 bits per heavy atom. The second-order valence-corrected chi connectivity index (χ2v) is 5.58. The average molecular weight is 401 g/mol. The number of alkyl halides is 3. The second-order valence-electron chi connectivity index (χ2n) is 5.58. The van der Waals surface area contributed by atoms with Crippen LogP contribution in [0.15, 0.2) is 30.3 Å². The Morgan fingerprint density at radius 2 is 2.00 bits per heavy atom. The van der Waals surface area contributed by atoms with Gasteiger partial charge in [-0.3, -0.25) is 0 Å². The summed E-state index contributed by atoms with van der Waals surface area (Å²) < 4.78 is 52.4. The Hall–Kier alpha value is -2.95. The normalized spacial score (nSPS) is 16.5. The highest BCUT2D eigenvalue weighted by molar-refractivity contribution is 5.84. The van der Waals surface area contributed by atoms with E-state index < -0.39 is 17.8 Å². The van der Waals surface area contributed by atoms with Crippen LogP contribution in [-0.4, -0.2) is 52.7 Å². The van der Waals surface area contributed by atoms with Crippen LogP contribution in [0.5, 0.6) is 11.8 Å². The number of carboxylic acid groups (broad SMARTS) is 1. The first kappa shape index (κ1) is 21.4. The molecule has 2 aromatic heterocycles. The maximum absolute atomic E-state index is 12.4. The summed E-state index contributed by atoms with van der Waals surface area (Å²) >= 11 is 0. The molecule has 1 aliphatic rings. The van der Waals surface area contributed by atoms with Crippen LogP contribution in [0.3, 0.4) is 0 Å². The number of hydrogen-bond acceptors (Lipinski definition) is 7. The lowest BCUT2D eigenvalue weighted by Crippen LogP contribution is -2.28.